The Labute approximate surface area is 129 Å². The summed E-state index contributed by atoms with van der Waals surface area (Å²) in [6, 6.07) is 11.1. The predicted molar refractivity (Wildman–Crippen MR) is 100 cm³/mol. The molecule has 0 radical (unpaired) electrons. The minimum absolute atomic E-state index is 0.394. The molecule has 3 heteroatoms. The first-order valence-corrected chi connectivity index (χ1v) is 16.4. The van der Waals surface area contributed by atoms with Crippen LogP contribution in [-0.2, 0) is 0 Å². The second-order valence-corrected chi connectivity index (χ2v) is 24.4. The van der Waals surface area contributed by atoms with Crippen molar-refractivity contribution in [3.63, 3.8) is 0 Å². The molecule has 0 aromatic heterocycles. The molecule has 0 N–H and O–H groups in total. The summed E-state index contributed by atoms with van der Waals surface area (Å²) in [5.74, 6) is 0. The molecule has 1 aromatic rings. The minimum Gasteiger partial charge on any atom is -0.302 e. The van der Waals surface area contributed by atoms with Crippen LogP contribution in [0.2, 0.25) is 37.8 Å². The maximum Gasteiger partial charge on any atom is 0.125 e. The van der Waals surface area contributed by atoms with Crippen molar-refractivity contribution in [2.24, 2.45) is 0 Å². The third-order valence-electron chi connectivity index (χ3n) is 4.12. The van der Waals surface area contributed by atoms with Crippen molar-refractivity contribution in [1.82, 2.24) is 0 Å². The molecule has 1 rings (SSSR count). The van der Waals surface area contributed by atoms with Gasteiger partial charge in [0.05, 0.1) is 0 Å². The topological polar surface area (TPSA) is 0 Å². The molecule has 110 valence electrons. The maximum absolute atomic E-state index is 3.80. The summed E-state index contributed by atoms with van der Waals surface area (Å²) in [6.07, 6.45) is 0. The zero-order valence-corrected chi connectivity index (χ0v) is 17.4. The van der Waals surface area contributed by atoms with Crippen molar-refractivity contribution in [2.75, 3.05) is 0 Å². The van der Waals surface area contributed by atoms with Crippen LogP contribution in [0.25, 0.3) is 0 Å². The van der Waals surface area contributed by atoms with Gasteiger partial charge in [0.25, 0.3) is 0 Å². The van der Waals surface area contributed by atoms with Gasteiger partial charge in [-0.15, -0.1) is 0 Å². The van der Waals surface area contributed by atoms with E-state index in [9.17, 15) is 0 Å². The Kier molecular flexibility index (Phi) is 5.29. The zero-order valence-electron chi connectivity index (χ0n) is 14.4. The van der Waals surface area contributed by atoms with E-state index < -0.39 is 24.0 Å². The highest BCUT2D eigenvalue weighted by Gasteiger charge is 2.32. The first kappa shape index (κ1) is 17.5. The monoisotopic (exact) mass is 317 g/mol. The second-order valence-electron chi connectivity index (χ2n) is 8.12. The standard InChI is InChI=1S/C17H29Si3/c1-17(2,3)20(7,8)18(14-15-19(4,5)6)16-12-10-9-11-13-16/h9-13H,1-8H3/q-1. The molecular formula is C17H29Si3-. The smallest absolute Gasteiger partial charge is 0.125 e. The van der Waals surface area contributed by atoms with Crippen LogP contribution in [0.15, 0.2) is 30.3 Å². The molecule has 0 heterocycles. The fourth-order valence-corrected chi connectivity index (χ4v) is 12.7. The quantitative estimate of drug-likeness (QED) is 0.560. The highest BCUT2D eigenvalue weighted by molar-refractivity contribution is 7.41. The summed E-state index contributed by atoms with van der Waals surface area (Å²) in [5.41, 5.74) is 7.47. The van der Waals surface area contributed by atoms with E-state index in [1.807, 2.05) is 0 Å². The highest BCUT2D eigenvalue weighted by atomic mass is 29.2. The summed E-state index contributed by atoms with van der Waals surface area (Å²) in [4.78, 5) is 0. The third-order valence-corrected chi connectivity index (χ3v) is 18.8. The first-order valence-electron chi connectivity index (χ1n) is 7.41. The van der Waals surface area contributed by atoms with Gasteiger partial charge in [-0.3, -0.25) is 0 Å². The molecule has 0 fully saturated rings. The van der Waals surface area contributed by atoms with Gasteiger partial charge in [0.2, 0.25) is 0 Å². The Morgan fingerprint density at radius 2 is 1.40 bits per heavy atom. The van der Waals surface area contributed by atoms with E-state index in [-0.39, 0.29) is 0 Å². The van der Waals surface area contributed by atoms with Crippen LogP contribution >= 0.6 is 0 Å². The summed E-state index contributed by atoms with van der Waals surface area (Å²) in [6.45, 7) is 19.3. The van der Waals surface area contributed by atoms with Crippen molar-refractivity contribution in [3.05, 3.63) is 30.3 Å². The Morgan fingerprint density at radius 3 is 1.80 bits per heavy atom. The summed E-state index contributed by atoms with van der Waals surface area (Å²) >= 11 is 0. The van der Waals surface area contributed by atoms with Crippen LogP contribution in [-0.4, -0.2) is 24.0 Å². The normalized spacial score (nSPS) is 12.6. The molecule has 0 atom stereocenters. The minimum atomic E-state index is -1.42. The van der Waals surface area contributed by atoms with Crippen molar-refractivity contribution < 1.29 is 0 Å². The van der Waals surface area contributed by atoms with Crippen molar-refractivity contribution >= 4 is 29.2 Å². The van der Waals surface area contributed by atoms with Gasteiger partial charge in [0.15, 0.2) is 0 Å². The molecular weight excluding hydrogens is 288 g/mol. The molecule has 0 saturated carbocycles. The molecule has 0 spiro atoms. The van der Waals surface area contributed by atoms with Crippen LogP contribution in [0.3, 0.4) is 0 Å². The van der Waals surface area contributed by atoms with Gasteiger partial charge in [-0.25, -0.2) is 0 Å². The van der Waals surface area contributed by atoms with Gasteiger partial charge >= 0.3 is 0 Å². The molecule has 0 aliphatic rings. The van der Waals surface area contributed by atoms with E-state index in [4.69, 9.17) is 0 Å². The first-order chi connectivity index (χ1) is 8.95. The predicted octanol–water partition coefficient (Wildman–Crippen LogP) is 4.40. The summed E-state index contributed by atoms with van der Waals surface area (Å²) < 4.78 is 0. The van der Waals surface area contributed by atoms with Crippen LogP contribution in [0.4, 0.5) is 0 Å². The SMILES string of the molecule is CC(C)(C)[Si](C)(C)[Si-](C#C[Si](C)(C)C)c1ccccc1. The molecule has 1 aromatic carbocycles. The molecule has 0 amide bonds. The van der Waals surface area contributed by atoms with Gasteiger partial charge in [-0.2, -0.15) is 19.0 Å². The average Bonchev–Trinajstić information content (AvgIpc) is 2.27. The lowest BCUT2D eigenvalue weighted by molar-refractivity contribution is 0.734. The van der Waals surface area contributed by atoms with Crippen LogP contribution in [0, 0.1) is 11.1 Å². The van der Waals surface area contributed by atoms with E-state index in [0.29, 0.717) is 5.04 Å². The maximum atomic E-state index is 3.80. The lowest BCUT2D eigenvalue weighted by Gasteiger charge is -2.52. The van der Waals surface area contributed by atoms with Gasteiger partial charge in [-0.05, 0) is 0 Å². The zero-order chi connectivity index (χ0) is 15.6. The van der Waals surface area contributed by atoms with E-state index in [1.165, 1.54) is 5.19 Å². The highest BCUT2D eigenvalue weighted by Crippen LogP contribution is 2.37. The number of hydrogen-bond acceptors (Lipinski definition) is 0. The Balaban J connectivity index is 3.32. The van der Waals surface area contributed by atoms with Gasteiger partial charge < -0.3 is 5.54 Å². The molecule has 0 saturated heterocycles. The molecule has 0 unspecified atom stereocenters. The van der Waals surface area contributed by atoms with E-state index in [0.717, 1.165) is 0 Å². The lowest BCUT2D eigenvalue weighted by Crippen LogP contribution is -2.58. The van der Waals surface area contributed by atoms with Crippen molar-refractivity contribution in [3.8, 4) is 11.1 Å². The van der Waals surface area contributed by atoms with Crippen LogP contribution in [0.5, 0.6) is 0 Å². The average molecular weight is 318 g/mol. The third kappa shape index (κ3) is 4.47. The van der Waals surface area contributed by atoms with Crippen LogP contribution in [0.1, 0.15) is 20.8 Å². The van der Waals surface area contributed by atoms with Gasteiger partial charge in [0.1, 0.15) is 8.07 Å². The molecule has 0 aliphatic carbocycles. The van der Waals surface area contributed by atoms with Gasteiger partial charge in [-0.1, -0.05) is 96.5 Å². The van der Waals surface area contributed by atoms with E-state index in [2.05, 4.69) is 94.9 Å². The fourth-order valence-electron chi connectivity index (χ4n) is 1.82. The van der Waals surface area contributed by atoms with Crippen molar-refractivity contribution in [2.45, 2.75) is 58.5 Å². The number of benzene rings is 1. The van der Waals surface area contributed by atoms with Crippen molar-refractivity contribution in [1.29, 1.82) is 0 Å². The van der Waals surface area contributed by atoms with E-state index in [1.54, 1.807) is 0 Å². The fraction of sp³-hybridized carbons (Fsp3) is 0.529. The molecule has 0 nitrogen and oxygen atoms in total. The summed E-state index contributed by atoms with van der Waals surface area (Å²) in [5, 5.41) is 1.90. The largest absolute Gasteiger partial charge is 0.302 e. The Hall–Kier alpha value is -0.569. The Bertz CT molecular complexity index is 493. The van der Waals surface area contributed by atoms with Gasteiger partial charge in [0, 0.05) is 0 Å². The Morgan fingerprint density at radius 1 is 0.900 bits per heavy atom. The number of rotatable bonds is 2. The molecule has 20 heavy (non-hydrogen) atoms. The van der Waals surface area contributed by atoms with Crippen LogP contribution < -0.4 is 5.19 Å². The second kappa shape index (κ2) is 6.05. The molecule has 0 aliphatic heterocycles. The number of hydrogen-bond donors (Lipinski definition) is 0. The van der Waals surface area contributed by atoms with E-state index >= 15 is 0 Å². The molecule has 0 bridgehead atoms. The lowest BCUT2D eigenvalue weighted by atomic mass is 10.2. The summed E-state index contributed by atoms with van der Waals surface area (Å²) in [7, 11) is -3.50.